The van der Waals surface area contributed by atoms with E-state index in [1.807, 2.05) is 67.6 Å². The Morgan fingerprint density at radius 1 is 0.962 bits per heavy atom. The third kappa shape index (κ3) is 3.09. The molecule has 0 bridgehead atoms. The van der Waals surface area contributed by atoms with Gasteiger partial charge in [0.2, 0.25) is 0 Å². The van der Waals surface area contributed by atoms with Crippen molar-refractivity contribution in [1.82, 2.24) is 0 Å². The zero-order valence-corrected chi connectivity index (χ0v) is 14.9. The van der Waals surface area contributed by atoms with Crippen LogP contribution in [0.25, 0.3) is 22.1 Å². The van der Waals surface area contributed by atoms with Crippen molar-refractivity contribution in [2.45, 2.75) is 6.92 Å². The van der Waals surface area contributed by atoms with Gasteiger partial charge in [-0.15, -0.1) is 0 Å². The summed E-state index contributed by atoms with van der Waals surface area (Å²) >= 11 is 6.17. The number of fused-ring (bicyclic) bond motifs is 1. The molecular weight excluding hydrogens is 346 g/mol. The van der Waals surface area contributed by atoms with E-state index in [1.165, 1.54) is 0 Å². The molecule has 0 radical (unpaired) electrons. The molecule has 4 rings (SSSR count). The van der Waals surface area contributed by atoms with E-state index >= 15 is 0 Å². The van der Waals surface area contributed by atoms with Gasteiger partial charge in [0.1, 0.15) is 5.76 Å². The monoisotopic (exact) mass is 361 g/mol. The smallest absolute Gasteiger partial charge is 0.291 e. The average Bonchev–Trinajstić information content (AvgIpc) is 3.15. The van der Waals surface area contributed by atoms with Crippen molar-refractivity contribution in [3.05, 3.63) is 89.1 Å². The van der Waals surface area contributed by atoms with E-state index in [2.05, 4.69) is 5.32 Å². The largest absolute Gasteiger partial charge is 0.451 e. The van der Waals surface area contributed by atoms with Gasteiger partial charge < -0.3 is 9.73 Å². The predicted molar refractivity (Wildman–Crippen MR) is 106 cm³/mol. The first-order valence-corrected chi connectivity index (χ1v) is 8.65. The van der Waals surface area contributed by atoms with Crippen LogP contribution in [0.4, 0.5) is 5.69 Å². The topological polar surface area (TPSA) is 42.2 Å². The number of carbonyl (C=O) groups is 1. The number of anilines is 1. The Balaban J connectivity index is 1.61. The number of hydrogen-bond acceptors (Lipinski definition) is 2. The van der Waals surface area contributed by atoms with Gasteiger partial charge in [-0.3, -0.25) is 4.79 Å². The van der Waals surface area contributed by atoms with Crippen LogP contribution in [-0.2, 0) is 0 Å². The molecule has 0 fully saturated rings. The fraction of sp³-hybridized carbons (Fsp3) is 0.0455. The summed E-state index contributed by atoms with van der Waals surface area (Å²) in [6.07, 6.45) is 0. The molecule has 4 heteroatoms. The zero-order valence-electron chi connectivity index (χ0n) is 14.1. The Kier molecular flexibility index (Phi) is 4.23. The lowest BCUT2D eigenvalue weighted by atomic mass is 10.1. The Bertz CT molecular complexity index is 1110. The minimum Gasteiger partial charge on any atom is -0.451 e. The van der Waals surface area contributed by atoms with Crippen LogP contribution in [0.3, 0.4) is 0 Å². The molecule has 128 valence electrons. The van der Waals surface area contributed by atoms with Gasteiger partial charge >= 0.3 is 0 Å². The van der Waals surface area contributed by atoms with E-state index in [0.29, 0.717) is 10.8 Å². The molecule has 1 heterocycles. The zero-order chi connectivity index (χ0) is 18.1. The molecule has 0 atom stereocenters. The molecule has 1 amide bonds. The number of aryl methyl sites for hydroxylation is 1. The average molecular weight is 362 g/mol. The van der Waals surface area contributed by atoms with Crippen LogP contribution < -0.4 is 5.32 Å². The maximum atomic E-state index is 12.6. The maximum Gasteiger partial charge on any atom is 0.291 e. The first-order valence-electron chi connectivity index (χ1n) is 8.27. The van der Waals surface area contributed by atoms with Crippen molar-refractivity contribution in [2.24, 2.45) is 0 Å². The third-order valence-corrected chi connectivity index (χ3v) is 4.73. The summed E-state index contributed by atoms with van der Waals surface area (Å²) in [5, 5.41) is 5.65. The molecule has 0 spiro atoms. The Hall–Kier alpha value is -3.04. The molecule has 26 heavy (non-hydrogen) atoms. The molecule has 1 aromatic heterocycles. The van der Waals surface area contributed by atoms with E-state index in [4.69, 9.17) is 16.0 Å². The Labute approximate surface area is 156 Å². The molecule has 3 nitrogen and oxygen atoms in total. The second kappa shape index (κ2) is 6.70. The van der Waals surface area contributed by atoms with E-state index < -0.39 is 0 Å². The fourth-order valence-corrected chi connectivity index (χ4v) is 3.06. The number of carbonyl (C=O) groups excluding carboxylic acids is 1. The van der Waals surface area contributed by atoms with E-state index in [-0.39, 0.29) is 11.7 Å². The fourth-order valence-electron chi connectivity index (χ4n) is 2.88. The van der Waals surface area contributed by atoms with Crippen molar-refractivity contribution >= 4 is 34.0 Å². The van der Waals surface area contributed by atoms with Crippen LogP contribution in [-0.4, -0.2) is 5.91 Å². The van der Waals surface area contributed by atoms with Crippen LogP contribution in [0.2, 0.25) is 5.02 Å². The molecule has 0 aliphatic carbocycles. The van der Waals surface area contributed by atoms with Crippen LogP contribution in [0, 0.1) is 6.92 Å². The molecule has 0 saturated carbocycles. The summed E-state index contributed by atoms with van der Waals surface area (Å²) < 4.78 is 5.74. The summed E-state index contributed by atoms with van der Waals surface area (Å²) in [6, 6.07) is 22.8. The van der Waals surface area contributed by atoms with E-state index in [9.17, 15) is 4.79 Å². The van der Waals surface area contributed by atoms with Gasteiger partial charge in [-0.1, -0.05) is 60.1 Å². The lowest BCUT2D eigenvalue weighted by Gasteiger charge is -2.07. The van der Waals surface area contributed by atoms with Crippen LogP contribution in [0.1, 0.15) is 16.1 Å². The van der Waals surface area contributed by atoms with Crippen molar-refractivity contribution in [2.75, 3.05) is 5.32 Å². The minimum absolute atomic E-state index is 0.254. The Morgan fingerprint density at radius 3 is 2.62 bits per heavy atom. The third-order valence-electron chi connectivity index (χ3n) is 4.32. The highest BCUT2D eigenvalue weighted by atomic mass is 35.5. The van der Waals surface area contributed by atoms with Gasteiger partial charge in [-0.25, -0.2) is 0 Å². The summed E-state index contributed by atoms with van der Waals surface area (Å²) in [7, 11) is 0. The molecular formula is C22H16ClNO2. The van der Waals surface area contributed by atoms with Crippen molar-refractivity contribution in [3.63, 3.8) is 0 Å². The van der Waals surface area contributed by atoms with E-state index in [1.54, 1.807) is 12.1 Å². The predicted octanol–water partition coefficient (Wildman–Crippen LogP) is 6.31. The van der Waals surface area contributed by atoms with Crippen molar-refractivity contribution in [3.8, 4) is 11.3 Å². The SMILES string of the molecule is Cc1ccc(-c2ccc(C(=O)Nc3cccc4ccccc34)o2)cc1Cl. The first kappa shape index (κ1) is 16.4. The molecule has 0 unspecified atom stereocenters. The van der Waals surface area contributed by atoms with Crippen LogP contribution in [0.15, 0.2) is 77.2 Å². The van der Waals surface area contributed by atoms with Gasteiger partial charge in [0.05, 0.1) is 0 Å². The minimum atomic E-state index is -0.286. The number of hydrogen-bond donors (Lipinski definition) is 1. The molecule has 3 aromatic carbocycles. The highest BCUT2D eigenvalue weighted by Gasteiger charge is 2.14. The summed E-state index contributed by atoms with van der Waals surface area (Å²) in [6.45, 7) is 1.94. The number of furan rings is 1. The van der Waals surface area contributed by atoms with Gasteiger partial charge in [0, 0.05) is 21.7 Å². The highest BCUT2D eigenvalue weighted by Crippen LogP contribution is 2.28. The van der Waals surface area contributed by atoms with Crippen molar-refractivity contribution in [1.29, 1.82) is 0 Å². The number of halogens is 1. The molecule has 4 aromatic rings. The molecule has 1 N–H and O–H groups in total. The van der Waals surface area contributed by atoms with Crippen LogP contribution >= 0.6 is 11.6 Å². The normalized spacial score (nSPS) is 10.8. The summed E-state index contributed by atoms with van der Waals surface area (Å²) in [4.78, 5) is 12.6. The number of benzene rings is 3. The lowest BCUT2D eigenvalue weighted by Crippen LogP contribution is -2.11. The number of amides is 1. The highest BCUT2D eigenvalue weighted by molar-refractivity contribution is 6.31. The standard InChI is InChI=1S/C22H16ClNO2/c1-14-9-10-16(13-18(14)23)20-11-12-21(26-20)22(25)24-19-8-4-6-15-5-2-3-7-17(15)19/h2-13H,1H3,(H,24,25). The molecule has 0 aliphatic heterocycles. The Morgan fingerprint density at radius 2 is 1.77 bits per heavy atom. The quantitative estimate of drug-likeness (QED) is 0.464. The van der Waals surface area contributed by atoms with E-state index in [0.717, 1.165) is 27.6 Å². The summed E-state index contributed by atoms with van der Waals surface area (Å²) in [5.74, 6) is 0.574. The van der Waals surface area contributed by atoms with Gasteiger partial charge in [0.25, 0.3) is 5.91 Å². The summed E-state index contributed by atoms with van der Waals surface area (Å²) in [5.41, 5.74) is 2.59. The van der Waals surface area contributed by atoms with Gasteiger partial charge in [-0.05, 0) is 42.1 Å². The molecule has 0 aliphatic rings. The van der Waals surface area contributed by atoms with Gasteiger partial charge in [0.15, 0.2) is 5.76 Å². The number of rotatable bonds is 3. The van der Waals surface area contributed by atoms with Gasteiger partial charge in [-0.2, -0.15) is 0 Å². The maximum absolute atomic E-state index is 12.6. The lowest BCUT2D eigenvalue weighted by molar-refractivity contribution is 0.0997. The molecule has 0 saturated heterocycles. The van der Waals surface area contributed by atoms with Crippen LogP contribution in [0.5, 0.6) is 0 Å². The second-order valence-electron chi connectivity index (χ2n) is 6.11. The first-order chi connectivity index (χ1) is 12.6. The second-order valence-corrected chi connectivity index (χ2v) is 6.52. The number of nitrogens with one attached hydrogen (secondary N) is 1. The van der Waals surface area contributed by atoms with Crippen molar-refractivity contribution < 1.29 is 9.21 Å².